The van der Waals surface area contributed by atoms with Crippen LogP contribution in [-0.4, -0.2) is 49.9 Å². The second-order valence-corrected chi connectivity index (χ2v) is 4.37. The van der Waals surface area contributed by atoms with Crippen molar-refractivity contribution in [3.05, 3.63) is 23.8 Å². The number of ether oxygens (including phenoxy) is 3. The minimum Gasteiger partial charge on any atom is -0.454 e. The van der Waals surface area contributed by atoms with Gasteiger partial charge in [0.2, 0.25) is 6.79 Å². The first-order valence-electron chi connectivity index (χ1n) is 6.15. The Kier molecular flexibility index (Phi) is 4.98. The quantitative estimate of drug-likeness (QED) is 0.649. The fourth-order valence-electron chi connectivity index (χ4n) is 1.89. The van der Waals surface area contributed by atoms with Crippen molar-refractivity contribution in [3.63, 3.8) is 0 Å². The van der Waals surface area contributed by atoms with Gasteiger partial charge in [0, 0.05) is 13.7 Å². The number of hydrogen-bond donors (Lipinski definition) is 3. The molecule has 0 aliphatic carbocycles. The molecule has 2 atom stereocenters. The summed E-state index contributed by atoms with van der Waals surface area (Å²) in [7, 11) is 1.57. The summed E-state index contributed by atoms with van der Waals surface area (Å²) in [6, 6.07) is 5.15. The molecule has 0 saturated carbocycles. The van der Waals surface area contributed by atoms with Crippen LogP contribution in [0.25, 0.3) is 0 Å². The lowest BCUT2D eigenvalue weighted by Crippen LogP contribution is -2.38. The highest BCUT2D eigenvalue weighted by atomic mass is 16.7. The lowest BCUT2D eigenvalue weighted by molar-refractivity contribution is 0.111. The van der Waals surface area contributed by atoms with Gasteiger partial charge >= 0.3 is 0 Å². The van der Waals surface area contributed by atoms with Gasteiger partial charge < -0.3 is 29.7 Å². The molecule has 1 aliphatic heterocycles. The van der Waals surface area contributed by atoms with Gasteiger partial charge in [0.1, 0.15) is 0 Å². The van der Waals surface area contributed by atoms with Crippen LogP contribution >= 0.6 is 0 Å². The molecule has 19 heavy (non-hydrogen) atoms. The highest BCUT2D eigenvalue weighted by molar-refractivity contribution is 5.45. The topological polar surface area (TPSA) is 80.2 Å². The number of aliphatic hydroxyl groups excluding tert-OH is 2. The molecule has 0 radical (unpaired) electrons. The highest BCUT2D eigenvalue weighted by Crippen LogP contribution is 2.34. The summed E-state index contributed by atoms with van der Waals surface area (Å²) in [5, 5.41) is 22.2. The van der Waals surface area contributed by atoms with E-state index in [0.29, 0.717) is 24.7 Å². The number of methoxy groups -OCH3 is 1. The zero-order valence-corrected chi connectivity index (χ0v) is 10.8. The Balaban J connectivity index is 1.90. The Bertz CT molecular complexity index is 412. The number of benzene rings is 1. The van der Waals surface area contributed by atoms with Gasteiger partial charge in [0.05, 0.1) is 25.4 Å². The van der Waals surface area contributed by atoms with E-state index in [1.54, 1.807) is 25.3 Å². The first-order chi connectivity index (χ1) is 9.24. The standard InChI is InChI=1S/C13H19NO5/c1-17-7-10(6-15)14-5-11(16)9-2-3-12-13(4-9)19-8-18-12/h2-4,10-11,14-16H,5-8H2,1H3. The number of fused-ring (bicyclic) bond motifs is 1. The van der Waals surface area contributed by atoms with Crippen LogP contribution in [0.15, 0.2) is 18.2 Å². The van der Waals surface area contributed by atoms with Crippen LogP contribution in [0.4, 0.5) is 0 Å². The molecule has 6 heteroatoms. The van der Waals surface area contributed by atoms with E-state index in [0.717, 1.165) is 5.56 Å². The molecule has 0 fully saturated rings. The van der Waals surface area contributed by atoms with E-state index in [4.69, 9.17) is 19.3 Å². The van der Waals surface area contributed by atoms with Crippen LogP contribution in [0, 0.1) is 0 Å². The lowest BCUT2D eigenvalue weighted by atomic mass is 10.1. The van der Waals surface area contributed by atoms with Crippen LogP contribution in [0.1, 0.15) is 11.7 Å². The molecule has 1 aliphatic rings. The summed E-state index contributed by atoms with van der Waals surface area (Å²) < 4.78 is 15.4. The zero-order chi connectivity index (χ0) is 13.7. The Morgan fingerprint density at radius 3 is 2.89 bits per heavy atom. The summed E-state index contributed by atoms with van der Waals surface area (Å²) in [5.41, 5.74) is 0.742. The van der Waals surface area contributed by atoms with Gasteiger partial charge in [-0.1, -0.05) is 6.07 Å². The van der Waals surface area contributed by atoms with Crippen LogP contribution in [0.5, 0.6) is 11.5 Å². The molecule has 0 bridgehead atoms. The highest BCUT2D eigenvalue weighted by Gasteiger charge is 2.17. The van der Waals surface area contributed by atoms with E-state index >= 15 is 0 Å². The minimum absolute atomic E-state index is 0.0400. The molecular formula is C13H19NO5. The normalized spacial score (nSPS) is 16.4. The first-order valence-corrected chi connectivity index (χ1v) is 6.15. The third-order valence-corrected chi connectivity index (χ3v) is 2.97. The summed E-state index contributed by atoms with van der Waals surface area (Å²) in [6.07, 6.45) is -0.680. The predicted octanol–water partition coefficient (Wildman–Crippen LogP) is 0.0456. The van der Waals surface area contributed by atoms with Crippen LogP contribution < -0.4 is 14.8 Å². The van der Waals surface area contributed by atoms with Crippen molar-refractivity contribution >= 4 is 0 Å². The van der Waals surface area contributed by atoms with E-state index in [2.05, 4.69) is 5.32 Å². The first kappa shape index (κ1) is 14.1. The monoisotopic (exact) mass is 269 g/mol. The molecule has 1 aromatic rings. The maximum Gasteiger partial charge on any atom is 0.231 e. The van der Waals surface area contributed by atoms with Crippen molar-refractivity contribution in [1.29, 1.82) is 0 Å². The fourth-order valence-corrected chi connectivity index (χ4v) is 1.89. The third-order valence-electron chi connectivity index (χ3n) is 2.97. The Hall–Kier alpha value is -1.34. The van der Waals surface area contributed by atoms with E-state index in [-0.39, 0.29) is 19.4 Å². The van der Waals surface area contributed by atoms with Crippen molar-refractivity contribution in [2.24, 2.45) is 0 Å². The number of nitrogens with one attached hydrogen (secondary N) is 1. The van der Waals surface area contributed by atoms with Crippen LogP contribution in [0.2, 0.25) is 0 Å². The molecule has 2 unspecified atom stereocenters. The Morgan fingerprint density at radius 1 is 1.37 bits per heavy atom. The SMILES string of the molecule is COCC(CO)NCC(O)c1ccc2c(c1)OCO2. The van der Waals surface area contributed by atoms with E-state index in [9.17, 15) is 5.11 Å². The summed E-state index contributed by atoms with van der Waals surface area (Å²) in [5.74, 6) is 1.34. The second kappa shape index (κ2) is 6.72. The van der Waals surface area contributed by atoms with Crippen LogP contribution in [0.3, 0.4) is 0 Å². The Morgan fingerprint density at radius 2 is 2.16 bits per heavy atom. The molecular weight excluding hydrogens is 250 g/mol. The molecule has 106 valence electrons. The predicted molar refractivity (Wildman–Crippen MR) is 68.3 cm³/mol. The second-order valence-electron chi connectivity index (χ2n) is 4.37. The number of aliphatic hydroxyl groups is 2. The zero-order valence-electron chi connectivity index (χ0n) is 10.8. The maximum atomic E-state index is 10.1. The van der Waals surface area contributed by atoms with E-state index < -0.39 is 6.10 Å². The van der Waals surface area contributed by atoms with Crippen molar-refractivity contribution in [3.8, 4) is 11.5 Å². The van der Waals surface area contributed by atoms with Crippen molar-refractivity contribution < 1.29 is 24.4 Å². The number of rotatable bonds is 7. The van der Waals surface area contributed by atoms with Crippen molar-refractivity contribution in [2.45, 2.75) is 12.1 Å². The molecule has 0 amide bonds. The average Bonchev–Trinajstić information content (AvgIpc) is 2.90. The molecule has 0 saturated heterocycles. The molecule has 6 nitrogen and oxygen atoms in total. The van der Waals surface area contributed by atoms with E-state index in [1.165, 1.54) is 0 Å². The summed E-state index contributed by atoms with van der Waals surface area (Å²) in [4.78, 5) is 0. The average molecular weight is 269 g/mol. The van der Waals surface area contributed by atoms with Gasteiger partial charge in [-0.25, -0.2) is 0 Å². The van der Waals surface area contributed by atoms with Gasteiger partial charge in [-0.05, 0) is 17.7 Å². The van der Waals surface area contributed by atoms with Gasteiger partial charge in [-0.3, -0.25) is 0 Å². The molecule has 1 aromatic carbocycles. The van der Waals surface area contributed by atoms with Crippen molar-refractivity contribution in [1.82, 2.24) is 5.32 Å². The Labute approximate surface area is 111 Å². The smallest absolute Gasteiger partial charge is 0.231 e. The molecule has 0 aromatic heterocycles. The third kappa shape index (κ3) is 3.57. The molecule has 3 N–H and O–H groups in total. The summed E-state index contributed by atoms with van der Waals surface area (Å²) in [6.45, 7) is 0.897. The maximum absolute atomic E-state index is 10.1. The van der Waals surface area contributed by atoms with Crippen molar-refractivity contribution in [2.75, 3.05) is 33.7 Å². The van der Waals surface area contributed by atoms with Gasteiger partial charge in [-0.2, -0.15) is 0 Å². The van der Waals surface area contributed by atoms with Gasteiger partial charge in [-0.15, -0.1) is 0 Å². The number of hydrogen-bond acceptors (Lipinski definition) is 6. The summed E-state index contributed by atoms with van der Waals surface area (Å²) >= 11 is 0. The lowest BCUT2D eigenvalue weighted by Gasteiger charge is -2.18. The van der Waals surface area contributed by atoms with Gasteiger partial charge in [0.25, 0.3) is 0 Å². The van der Waals surface area contributed by atoms with Gasteiger partial charge in [0.15, 0.2) is 11.5 Å². The molecule has 0 spiro atoms. The largest absolute Gasteiger partial charge is 0.454 e. The molecule has 1 heterocycles. The van der Waals surface area contributed by atoms with E-state index in [1.807, 2.05) is 0 Å². The fraction of sp³-hybridized carbons (Fsp3) is 0.538. The molecule has 2 rings (SSSR count). The minimum atomic E-state index is -0.680. The van der Waals surface area contributed by atoms with Crippen LogP contribution in [-0.2, 0) is 4.74 Å².